The second-order valence-corrected chi connectivity index (χ2v) is 8.04. The summed E-state index contributed by atoms with van der Waals surface area (Å²) in [5.41, 5.74) is 1.81. The van der Waals surface area contributed by atoms with E-state index in [0.717, 1.165) is 10.2 Å². The number of carbonyl (C=O) groups excluding carboxylic acids is 1. The summed E-state index contributed by atoms with van der Waals surface area (Å²) in [6.07, 6.45) is -0.0611. The number of anilines is 1. The van der Waals surface area contributed by atoms with Crippen LogP contribution in [0.5, 0.6) is 5.75 Å². The number of fused-ring (bicyclic) bond motifs is 2. The van der Waals surface area contributed by atoms with Gasteiger partial charge in [0.05, 0.1) is 23.0 Å². The zero-order valence-electron chi connectivity index (χ0n) is 16.1. The summed E-state index contributed by atoms with van der Waals surface area (Å²) in [5.74, 6) is -1.36. The molecule has 30 heavy (non-hydrogen) atoms. The fourth-order valence-electron chi connectivity index (χ4n) is 3.89. The minimum atomic E-state index is -0.766. The Hall–Kier alpha value is -3.33. The van der Waals surface area contributed by atoms with Crippen molar-refractivity contribution >= 4 is 33.3 Å². The average Bonchev–Trinajstić information content (AvgIpc) is 3.27. The first-order valence-electron chi connectivity index (χ1n) is 9.24. The van der Waals surface area contributed by atoms with Crippen LogP contribution in [0.25, 0.3) is 15.3 Å². The average molecular weight is 426 g/mol. The van der Waals surface area contributed by atoms with Gasteiger partial charge in [-0.3, -0.25) is 4.79 Å². The number of aromatic nitrogens is 3. The van der Waals surface area contributed by atoms with Crippen molar-refractivity contribution < 1.29 is 18.3 Å². The molecule has 0 radical (unpaired) electrons. The van der Waals surface area contributed by atoms with E-state index in [2.05, 4.69) is 15.4 Å². The van der Waals surface area contributed by atoms with Crippen LogP contribution >= 0.6 is 11.3 Å². The third-order valence-electron chi connectivity index (χ3n) is 5.22. The Kier molecular flexibility index (Phi) is 4.28. The van der Waals surface area contributed by atoms with Crippen LogP contribution in [0, 0.1) is 18.6 Å². The number of halogens is 2. The van der Waals surface area contributed by atoms with Gasteiger partial charge < -0.3 is 10.1 Å². The highest BCUT2D eigenvalue weighted by Gasteiger charge is 2.36. The van der Waals surface area contributed by atoms with Crippen molar-refractivity contribution in [3.05, 3.63) is 64.9 Å². The van der Waals surface area contributed by atoms with Gasteiger partial charge in [0.1, 0.15) is 23.2 Å². The molecule has 1 atom stereocenters. The van der Waals surface area contributed by atoms with E-state index in [-0.39, 0.29) is 17.9 Å². The normalized spacial score (nSPS) is 15.9. The molecule has 1 N–H and O–H groups in total. The highest BCUT2D eigenvalue weighted by atomic mass is 32.1. The Balaban J connectivity index is 1.69. The Morgan fingerprint density at radius 3 is 2.70 bits per heavy atom. The van der Waals surface area contributed by atoms with E-state index in [9.17, 15) is 13.6 Å². The van der Waals surface area contributed by atoms with Gasteiger partial charge in [-0.15, -0.1) is 0 Å². The molecule has 0 fully saturated rings. The fraction of sp³-hybridized carbons (Fsp3) is 0.190. The lowest BCUT2D eigenvalue weighted by atomic mass is 9.85. The van der Waals surface area contributed by atoms with Gasteiger partial charge in [0.2, 0.25) is 11.0 Å². The van der Waals surface area contributed by atoms with Crippen LogP contribution in [0.3, 0.4) is 0 Å². The Morgan fingerprint density at radius 2 is 1.97 bits per heavy atom. The molecule has 2 aromatic heterocycles. The number of hydrogen-bond acceptors (Lipinski definition) is 5. The van der Waals surface area contributed by atoms with Crippen molar-refractivity contribution in [3.63, 3.8) is 0 Å². The van der Waals surface area contributed by atoms with Crippen LogP contribution in [-0.2, 0) is 4.79 Å². The molecule has 0 aliphatic carbocycles. The Labute approximate surface area is 174 Å². The zero-order valence-corrected chi connectivity index (χ0v) is 16.9. The van der Waals surface area contributed by atoms with Crippen LogP contribution in [0.15, 0.2) is 36.4 Å². The molecule has 1 unspecified atom stereocenters. The summed E-state index contributed by atoms with van der Waals surface area (Å²) in [6, 6.07) is 9.23. The van der Waals surface area contributed by atoms with Crippen molar-refractivity contribution in [2.75, 3.05) is 12.4 Å². The molecule has 1 amide bonds. The molecular weight excluding hydrogens is 410 g/mol. The summed E-state index contributed by atoms with van der Waals surface area (Å²) in [6.45, 7) is 1.76. The molecule has 152 valence electrons. The molecule has 6 nitrogen and oxygen atoms in total. The summed E-state index contributed by atoms with van der Waals surface area (Å²) < 4.78 is 36.7. The minimum Gasteiger partial charge on any atom is -0.497 e. The number of carbonyl (C=O) groups is 1. The standard InChI is InChI=1S/C21H16F2N4O2S/c1-10-18-12(19-13(22)4-3-5-14(19)23)9-17(28)25-20(18)27(26-10)21-24-15-7-6-11(29-2)8-16(15)30-21/h3-8,12H,9H2,1-2H3,(H,25,28). The van der Waals surface area contributed by atoms with Gasteiger partial charge in [-0.05, 0) is 37.3 Å². The number of thiazole rings is 1. The number of hydrogen-bond donors (Lipinski definition) is 1. The first kappa shape index (κ1) is 18.7. The Bertz CT molecular complexity index is 1290. The topological polar surface area (TPSA) is 69.0 Å². The van der Waals surface area contributed by atoms with Crippen LogP contribution in [-0.4, -0.2) is 27.8 Å². The molecule has 0 spiro atoms. The number of rotatable bonds is 3. The molecule has 3 heterocycles. The monoisotopic (exact) mass is 426 g/mol. The third-order valence-corrected chi connectivity index (χ3v) is 6.21. The molecule has 2 aromatic carbocycles. The maximum absolute atomic E-state index is 14.5. The first-order chi connectivity index (χ1) is 14.5. The highest BCUT2D eigenvalue weighted by molar-refractivity contribution is 7.20. The number of benzene rings is 2. The lowest BCUT2D eigenvalue weighted by Gasteiger charge is -2.24. The van der Waals surface area contributed by atoms with E-state index in [1.165, 1.54) is 34.2 Å². The second kappa shape index (κ2) is 6.88. The molecule has 9 heteroatoms. The van der Waals surface area contributed by atoms with Crippen molar-refractivity contribution in [1.29, 1.82) is 0 Å². The maximum Gasteiger partial charge on any atom is 0.226 e. The first-order valence-corrected chi connectivity index (χ1v) is 10.1. The van der Waals surface area contributed by atoms with Gasteiger partial charge in [0.25, 0.3) is 0 Å². The van der Waals surface area contributed by atoms with Gasteiger partial charge >= 0.3 is 0 Å². The van der Waals surface area contributed by atoms with E-state index in [0.29, 0.717) is 28.0 Å². The molecule has 0 saturated heterocycles. The summed E-state index contributed by atoms with van der Waals surface area (Å²) in [5, 5.41) is 7.89. The van der Waals surface area contributed by atoms with Gasteiger partial charge in [-0.2, -0.15) is 9.78 Å². The third kappa shape index (κ3) is 2.85. The summed E-state index contributed by atoms with van der Waals surface area (Å²) in [4.78, 5) is 17.1. The van der Waals surface area contributed by atoms with Crippen molar-refractivity contribution in [1.82, 2.24) is 14.8 Å². The van der Waals surface area contributed by atoms with E-state index in [1.54, 1.807) is 14.0 Å². The van der Waals surface area contributed by atoms with E-state index in [1.807, 2.05) is 18.2 Å². The number of nitrogens with zero attached hydrogens (tertiary/aromatic N) is 3. The predicted molar refractivity (Wildman–Crippen MR) is 109 cm³/mol. The summed E-state index contributed by atoms with van der Waals surface area (Å²) in [7, 11) is 1.59. The molecule has 1 aliphatic rings. The van der Waals surface area contributed by atoms with Crippen LogP contribution in [0.4, 0.5) is 14.6 Å². The van der Waals surface area contributed by atoms with Crippen molar-refractivity contribution in [2.45, 2.75) is 19.3 Å². The second-order valence-electron chi connectivity index (χ2n) is 7.03. The predicted octanol–water partition coefficient (Wildman–Crippen LogP) is 4.55. The van der Waals surface area contributed by atoms with E-state index in [4.69, 9.17) is 4.74 Å². The number of nitrogens with one attached hydrogen (secondary N) is 1. The minimum absolute atomic E-state index is 0.0611. The summed E-state index contributed by atoms with van der Waals surface area (Å²) >= 11 is 1.38. The lowest BCUT2D eigenvalue weighted by molar-refractivity contribution is -0.116. The quantitative estimate of drug-likeness (QED) is 0.522. The number of ether oxygens (including phenoxy) is 1. The zero-order chi connectivity index (χ0) is 21.0. The smallest absolute Gasteiger partial charge is 0.226 e. The van der Waals surface area contributed by atoms with Crippen molar-refractivity contribution in [2.24, 2.45) is 0 Å². The SMILES string of the molecule is COc1ccc2nc(-n3nc(C)c4c3NC(=O)CC4c3c(F)cccc3F)sc2c1. The molecule has 0 bridgehead atoms. The van der Waals surface area contributed by atoms with E-state index >= 15 is 0 Å². The van der Waals surface area contributed by atoms with Crippen LogP contribution in [0.2, 0.25) is 0 Å². The number of aryl methyl sites for hydroxylation is 1. The molecule has 0 saturated carbocycles. The fourth-order valence-corrected chi connectivity index (χ4v) is 4.84. The molecule has 1 aliphatic heterocycles. The van der Waals surface area contributed by atoms with Crippen LogP contribution in [0.1, 0.15) is 29.2 Å². The van der Waals surface area contributed by atoms with Gasteiger partial charge in [0.15, 0.2) is 0 Å². The highest BCUT2D eigenvalue weighted by Crippen LogP contribution is 2.42. The van der Waals surface area contributed by atoms with E-state index < -0.39 is 17.6 Å². The van der Waals surface area contributed by atoms with Gasteiger partial charge in [0, 0.05) is 23.5 Å². The maximum atomic E-state index is 14.5. The number of amides is 1. The van der Waals surface area contributed by atoms with Crippen LogP contribution < -0.4 is 10.1 Å². The molecular formula is C21H16F2N4O2S. The Morgan fingerprint density at radius 1 is 1.20 bits per heavy atom. The van der Waals surface area contributed by atoms with Gasteiger partial charge in [-0.25, -0.2) is 13.8 Å². The van der Waals surface area contributed by atoms with Gasteiger partial charge in [-0.1, -0.05) is 17.4 Å². The van der Waals surface area contributed by atoms with Crippen molar-refractivity contribution in [3.8, 4) is 10.9 Å². The lowest BCUT2D eigenvalue weighted by Crippen LogP contribution is -2.26. The number of methoxy groups -OCH3 is 1. The molecule has 5 rings (SSSR count). The largest absolute Gasteiger partial charge is 0.497 e. The molecule has 4 aromatic rings.